The van der Waals surface area contributed by atoms with E-state index < -0.39 is 10.0 Å². The molecule has 1 heterocycles. The van der Waals surface area contributed by atoms with Crippen LogP contribution in [0.5, 0.6) is 0 Å². The Hall–Kier alpha value is -2.42. The SMILES string of the molecule is Cc1ccc(S(=O)(=O)Nc2ccc(C(=O)NCC(CC(C)C)N3CCOCC3)cc2)cc1C. The Bertz CT molecular complexity index is 1050. The van der Waals surface area contributed by atoms with Crippen molar-refractivity contribution in [3.05, 3.63) is 59.2 Å². The van der Waals surface area contributed by atoms with Gasteiger partial charge in [-0.25, -0.2) is 8.42 Å². The Balaban J connectivity index is 1.61. The molecule has 3 rings (SSSR count). The lowest BCUT2D eigenvalue weighted by atomic mass is 10.0. The number of anilines is 1. The average Bonchev–Trinajstić information content (AvgIpc) is 2.78. The highest BCUT2D eigenvalue weighted by atomic mass is 32.2. The summed E-state index contributed by atoms with van der Waals surface area (Å²) >= 11 is 0. The zero-order valence-corrected chi connectivity index (χ0v) is 20.7. The van der Waals surface area contributed by atoms with E-state index in [1.54, 1.807) is 42.5 Å². The molecular weight excluding hydrogens is 438 g/mol. The van der Waals surface area contributed by atoms with Crippen molar-refractivity contribution in [2.24, 2.45) is 5.92 Å². The largest absolute Gasteiger partial charge is 0.379 e. The number of carbonyl (C=O) groups excluding carboxylic acids is 1. The van der Waals surface area contributed by atoms with Crippen LogP contribution in [0.3, 0.4) is 0 Å². The van der Waals surface area contributed by atoms with Gasteiger partial charge in [-0.1, -0.05) is 19.9 Å². The van der Waals surface area contributed by atoms with Crippen LogP contribution in [-0.4, -0.2) is 58.1 Å². The monoisotopic (exact) mass is 473 g/mol. The number of aryl methyl sites for hydroxylation is 2. The molecule has 2 N–H and O–H groups in total. The lowest BCUT2D eigenvalue weighted by Crippen LogP contribution is -2.49. The zero-order chi connectivity index (χ0) is 24.0. The third kappa shape index (κ3) is 7.03. The first kappa shape index (κ1) is 25.2. The van der Waals surface area contributed by atoms with Crippen molar-refractivity contribution < 1.29 is 17.9 Å². The predicted octanol–water partition coefficient (Wildman–Crippen LogP) is 3.58. The minimum absolute atomic E-state index is 0.166. The first-order valence-corrected chi connectivity index (χ1v) is 12.9. The predicted molar refractivity (Wildman–Crippen MR) is 131 cm³/mol. The second-order valence-electron chi connectivity index (χ2n) is 9.07. The molecule has 2 aromatic carbocycles. The van der Waals surface area contributed by atoms with Gasteiger partial charge in [0, 0.05) is 36.9 Å². The van der Waals surface area contributed by atoms with Crippen LogP contribution in [0, 0.1) is 19.8 Å². The fourth-order valence-electron chi connectivity index (χ4n) is 3.95. The highest BCUT2D eigenvalue weighted by Crippen LogP contribution is 2.19. The number of hydrogen-bond acceptors (Lipinski definition) is 5. The number of nitrogens with one attached hydrogen (secondary N) is 2. The molecule has 0 bridgehead atoms. The van der Waals surface area contributed by atoms with Gasteiger partial charge in [0.25, 0.3) is 15.9 Å². The molecule has 1 saturated heterocycles. The second kappa shape index (κ2) is 11.1. The first-order chi connectivity index (χ1) is 15.7. The number of sulfonamides is 1. The standard InChI is InChI=1S/C25H35N3O4S/c1-18(2)15-23(28-11-13-32-14-12-28)17-26-25(29)21-6-8-22(9-7-21)27-33(30,31)24-10-5-19(3)20(4)16-24/h5-10,16,18,23,27H,11-15,17H2,1-4H3,(H,26,29). The minimum atomic E-state index is -3.70. The molecule has 180 valence electrons. The third-order valence-corrected chi connectivity index (χ3v) is 7.37. The molecule has 2 aromatic rings. The molecule has 8 heteroatoms. The number of morpholine rings is 1. The molecule has 0 radical (unpaired) electrons. The fraction of sp³-hybridized carbons (Fsp3) is 0.480. The van der Waals surface area contributed by atoms with Crippen molar-refractivity contribution in [2.45, 2.75) is 45.1 Å². The van der Waals surface area contributed by atoms with Gasteiger partial charge >= 0.3 is 0 Å². The van der Waals surface area contributed by atoms with Crippen molar-refractivity contribution in [3.8, 4) is 0 Å². The van der Waals surface area contributed by atoms with Gasteiger partial charge in [0.15, 0.2) is 0 Å². The molecule has 1 aliphatic heterocycles. The topological polar surface area (TPSA) is 87.7 Å². The number of rotatable bonds is 9. The Morgan fingerprint density at radius 2 is 1.70 bits per heavy atom. The highest BCUT2D eigenvalue weighted by Gasteiger charge is 2.23. The van der Waals surface area contributed by atoms with E-state index in [0.29, 0.717) is 23.7 Å². The molecule has 1 amide bonds. The average molecular weight is 474 g/mol. The third-order valence-electron chi connectivity index (χ3n) is 5.99. The number of amides is 1. The lowest BCUT2D eigenvalue weighted by Gasteiger charge is -2.35. The molecule has 0 aliphatic carbocycles. The fourth-order valence-corrected chi connectivity index (χ4v) is 5.09. The number of hydrogen-bond donors (Lipinski definition) is 2. The van der Waals surface area contributed by atoms with Crippen LogP contribution in [0.15, 0.2) is 47.4 Å². The number of ether oxygens (including phenoxy) is 1. The molecule has 33 heavy (non-hydrogen) atoms. The molecule has 0 aromatic heterocycles. The zero-order valence-electron chi connectivity index (χ0n) is 19.9. The summed E-state index contributed by atoms with van der Waals surface area (Å²) in [5.41, 5.74) is 2.86. The maximum Gasteiger partial charge on any atom is 0.261 e. The molecule has 1 unspecified atom stereocenters. The molecule has 7 nitrogen and oxygen atoms in total. The normalized spacial score (nSPS) is 15.9. The van der Waals surface area contributed by atoms with Crippen molar-refractivity contribution in [3.63, 3.8) is 0 Å². The van der Waals surface area contributed by atoms with Gasteiger partial charge in [-0.3, -0.25) is 14.4 Å². The van der Waals surface area contributed by atoms with Crippen molar-refractivity contribution in [1.82, 2.24) is 10.2 Å². The van der Waals surface area contributed by atoms with Gasteiger partial charge < -0.3 is 10.1 Å². The number of nitrogens with zero attached hydrogens (tertiary/aromatic N) is 1. The number of carbonyl (C=O) groups is 1. The van der Waals surface area contributed by atoms with Crippen LogP contribution in [0.2, 0.25) is 0 Å². The van der Waals surface area contributed by atoms with Crippen LogP contribution in [0.25, 0.3) is 0 Å². The van der Waals surface area contributed by atoms with Crippen LogP contribution in [-0.2, 0) is 14.8 Å². The smallest absolute Gasteiger partial charge is 0.261 e. The Labute approximate surface area is 197 Å². The van der Waals surface area contributed by atoms with E-state index in [-0.39, 0.29) is 16.8 Å². The maximum absolute atomic E-state index is 12.7. The van der Waals surface area contributed by atoms with Gasteiger partial charge in [0.1, 0.15) is 0 Å². The summed E-state index contributed by atoms with van der Waals surface area (Å²) < 4.78 is 33.4. The van der Waals surface area contributed by atoms with Crippen LogP contribution < -0.4 is 10.0 Å². The van der Waals surface area contributed by atoms with Crippen LogP contribution in [0.1, 0.15) is 41.8 Å². The van der Waals surface area contributed by atoms with Crippen LogP contribution >= 0.6 is 0 Å². The summed E-state index contributed by atoms with van der Waals surface area (Å²) in [6, 6.07) is 11.8. The van der Waals surface area contributed by atoms with E-state index >= 15 is 0 Å². The molecule has 0 saturated carbocycles. The summed E-state index contributed by atoms with van der Waals surface area (Å²) in [6.45, 7) is 12.0. The Morgan fingerprint density at radius 3 is 2.30 bits per heavy atom. The van der Waals surface area contributed by atoms with Crippen LogP contribution in [0.4, 0.5) is 5.69 Å². The summed E-state index contributed by atoms with van der Waals surface area (Å²) in [6.07, 6.45) is 0.999. The second-order valence-corrected chi connectivity index (χ2v) is 10.8. The first-order valence-electron chi connectivity index (χ1n) is 11.5. The molecule has 1 aliphatic rings. The number of benzene rings is 2. The van der Waals surface area contributed by atoms with Gasteiger partial charge in [-0.05, 0) is 73.7 Å². The maximum atomic E-state index is 12.7. The lowest BCUT2D eigenvalue weighted by molar-refractivity contribution is 0.0124. The van der Waals surface area contributed by atoms with Gasteiger partial charge in [-0.2, -0.15) is 0 Å². The van der Waals surface area contributed by atoms with Crippen molar-refractivity contribution in [2.75, 3.05) is 37.6 Å². The summed E-state index contributed by atoms with van der Waals surface area (Å²) in [5, 5.41) is 3.05. The Morgan fingerprint density at radius 1 is 1.03 bits per heavy atom. The minimum Gasteiger partial charge on any atom is -0.379 e. The summed E-state index contributed by atoms with van der Waals surface area (Å²) in [7, 11) is -3.70. The molecule has 1 atom stereocenters. The van der Waals surface area contributed by atoms with E-state index in [1.165, 1.54) is 0 Å². The van der Waals surface area contributed by atoms with Gasteiger partial charge in [0.2, 0.25) is 0 Å². The molecular formula is C25H35N3O4S. The summed E-state index contributed by atoms with van der Waals surface area (Å²) in [5.74, 6) is 0.361. The summed E-state index contributed by atoms with van der Waals surface area (Å²) in [4.78, 5) is 15.3. The molecule has 0 spiro atoms. The van der Waals surface area contributed by atoms with E-state index in [9.17, 15) is 13.2 Å². The van der Waals surface area contributed by atoms with Gasteiger partial charge in [0.05, 0.1) is 18.1 Å². The highest BCUT2D eigenvalue weighted by molar-refractivity contribution is 7.92. The van der Waals surface area contributed by atoms with E-state index in [4.69, 9.17) is 4.74 Å². The van der Waals surface area contributed by atoms with E-state index in [2.05, 4.69) is 28.8 Å². The van der Waals surface area contributed by atoms with Crippen molar-refractivity contribution >= 4 is 21.6 Å². The van der Waals surface area contributed by atoms with E-state index in [1.807, 2.05) is 13.8 Å². The van der Waals surface area contributed by atoms with E-state index in [0.717, 1.165) is 43.9 Å². The quantitative estimate of drug-likeness (QED) is 0.581. The molecule has 1 fully saturated rings. The Kier molecular flexibility index (Phi) is 8.51. The van der Waals surface area contributed by atoms with Gasteiger partial charge in [-0.15, -0.1) is 0 Å². The van der Waals surface area contributed by atoms with Crippen molar-refractivity contribution in [1.29, 1.82) is 0 Å².